The van der Waals surface area contributed by atoms with Crippen molar-refractivity contribution in [1.82, 2.24) is 14.5 Å². The largest absolute Gasteiger partial charge is 0.497 e. The molecular formula is C20H27N3O2. The summed E-state index contributed by atoms with van der Waals surface area (Å²) >= 11 is 0. The molecule has 1 aliphatic heterocycles. The quantitative estimate of drug-likeness (QED) is 0.810. The average molecular weight is 341 g/mol. The standard InChI is InChI=1S/C20H27N3O2/c1-4-10-23-15(2)13-21-19(23)12-16-9-11-22(14-16)20(24)17-5-7-18(25-3)8-6-17/h5-8,13,16H,4,9-12,14H2,1-3H3/t16-/m1/s1. The number of benzene rings is 1. The number of aromatic nitrogens is 2. The molecule has 1 fully saturated rings. The molecule has 5 heteroatoms. The van der Waals surface area contributed by atoms with E-state index in [2.05, 4.69) is 23.4 Å². The fraction of sp³-hybridized carbons (Fsp3) is 0.500. The minimum Gasteiger partial charge on any atom is -0.497 e. The molecule has 0 unspecified atom stereocenters. The van der Waals surface area contributed by atoms with E-state index in [1.165, 1.54) is 5.69 Å². The van der Waals surface area contributed by atoms with Crippen molar-refractivity contribution >= 4 is 5.91 Å². The first kappa shape index (κ1) is 17.5. The van der Waals surface area contributed by atoms with Gasteiger partial charge in [-0.25, -0.2) is 4.98 Å². The first-order valence-electron chi connectivity index (χ1n) is 9.06. The molecule has 1 saturated heterocycles. The molecule has 0 saturated carbocycles. The molecule has 25 heavy (non-hydrogen) atoms. The third-order valence-electron chi connectivity index (χ3n) is 4.97. The van der Waals surface area contributed by atoms with E-state index in [1.807, 2.05) is 35.4 Å². The van der Waals surface area contributed by atoms with Crippen LogP contribution in [0.25, 0.3) is 0 Å². The number of rotatable bonds is 6. The van der Waals surface area contributed by atoms with Crippen molar-refractivity contribution in [2.24, 2.45) is 5.92 Å². The molecule has 1 aliphatic rings. The fourth-order valence-corrected chi connectivity index (χ4v) is 3.56. The lowest BCUT2D eigenvalue weighted by Gasteiger charge is -2.17. The van der Waals surface area contributed by atoms with Crippen LogP contribution >= 0.6 is 0 Å². The second kappa shape index (κ2) is 7.72. The van der Waals surface area contributed by atoms with Gasteiger partial charge in [-0.2, -0.15) is 0 Å². The lowest BCUT2D eigenvalue weighted by atomic mass is 10.0. The number of carbonyl (C=O) groups is 1. The maximum Gasteiger partial charge on any atom is 0.253 e. The summed E-state index contributed by atoms with van der Waals surface area (Å²) in [5.74, 6) is 2.52. The topological polar surface area (TPSA) is 47.4 Å². The zero-order valence-corrected chi connectivity index (χ0v) is 15.4. The number of hydrogen-bond donors (Lipinski definition) is 0. The second-order valence-corrected chi connectivity index (χ2v) is 6.81. The summed E-state index contributed by atoms with van der Waals surface area (Å²) in [5.41, 5.74) is 1.95. The number of imidazole rings is 1. The normalized spacial score (nSPS) is 17.1. The predicted molar refractivity (Wildman–Crippen MR) is 98.0 cm³/mol. The molecule has 3 rings (SSSR count). The summed E-state index contributed by atoms with van der Waals surface area (Å²) in [6, 6.07) is 7.36. The Morgan fingerprint density at radius 3 is 2.76 bits per heavy atom. The van der Waals surface area contributed by atoms with Crippen LogP contribution in [0.4, 0.5) is 0 Å². The highest BCUT2D eigenvalue weighted by molar-refractivity contribution is 5.94. The van der Waals surface area contributed by atoms with E-state index in [0.717, 1.165) is 56.0 Å². The highest BCUT2D eigenvalue weighted by Crippen LogP contribution is 2.23. The van der Waals surface area contributed by atoms with E-state index < -0.39 is 0 Å². The number of ether oxygens (including phenoxy) is 1. The maximum atomic E-state index is 12.7. The van der Waals surface area contributed by atoms with Gasteiger partial charge in [0.2, 0.25) is 0 Å². The van der Waals surface area contributed by atoms with Crippen LogP contribution in [0.1, 0.15) is 41.6 Å². The van der Waals surface area contributed by atoms with Gasteiger partial charge < -0.3 is 14.2 Å². The van der Waals surface area contributed by atoms with E-state index in [4.69, 9.17) is 4.74 Å². The summed E-state index contributed by atoms with van der Waals surface area (Å²) in [5, 5.41) is 0. The van der Waals surface area contributed by atoms with Crippen LogP contribution in [-0.4, -0.2) is 40.6 Å². The van der Waals surface area contributed by atoms with E-state index in [9.17, 15) is 4.79 Å². The van der Waals surface area contributed by atoms with E-state index in [0.29, 0.717) is 5.92 Å². The maximum absolute atomic E-state index is 12.7. The number of likely N-dealkylation sites (tertiary alicyclic amines) is 1. The Morgan fingerprint density at radius 1 is 1.32 bits per heavy atom. The van der Waals surface area contributed by atoms with E-state index >= 15 is 0 Å². The molecule has 134 valence electrons. The van der Waals surface area contributed by atoms with Gasteiger partial charge in [0.05, 0.1) is 7.11 Å². The number of nitrogens with zero attached hydrogens (tertiary/aromatic N) is 3. The Hall–Kier alpha value is -2.30. The molecule has 0 aliphatic carbocycles. The van der Waals surface area contributed by atoms with Crippen molar-refractivity contribution in [1.29, 1.82) is 0 Å². The van der Waals surface area contributed by atoms with Crippen molar-refractivity contribution in [3.05, 3.63) is 47.5 Å². The van der Waals surface area contributed by atoms with Gasteiger partial charge >= 0.3 is 0 Å². The summed E-state index contributed by atoms with van der Waals surface area (Å²) in [4.78, 5) is 19.2. The highest BCUT2D eigenvalue weighted by atomic mass is 16.5. The highest BCUT2D eigenvalue weighted by Gasteiger charge is 2.28. The van der Waals surface area contributed by atoms with Crippen molar-refractivity contribution in [2.75, 3.05) is 20.2 Å². The molecule has 1 atom stereocenters. The summed E-state index contributed by atoms with van der Waals surface area (Å²) in [7, 11) is 1.63. The van der Waals surface area contributed by atoms with Crippen molar-refractivity contribution in [3.8, 4) is 5.75 Å². The van der Waals surface area contributed by atoms with Crippen LogP contribution in [0.15, 0.2) is 30.5 Å². The number of amides is 1. The van der Waals surface area contributed by atoms with Gasteiger partial charge in [-0.1, -0.05) is 6.92 Å². The van der Waals surface area contributed by atoms with Gasteiger partial charge in [0.25, 0.3) is 5.91 Å². The van der Waals surface area contributed by atoms with Crippen molar-refractivity contribution < 1.29 is 9.53 Å². The van der Waals surface area contributed by atoms with E-state index in [1.54, 1.807) is 7.11 Å². The van der Waals surface area contributed by atoms with Crippen LogP contribution in [-0.2, 0) is 13.0 Å². The molecular weight excluding hydrogens is 314 g/mol. The molecule has 2 aromatic rings. The van der Waals surface area contributed by atoms with Gasteiger partial charge in [0.1, 0.15) is 11.6 Å². The number of aryl methyl sites for hydroxylation is 1. The summed E-state index contributed by atoms with van der Waals surface area (Å²) < 4.78 is 7.47. The lowest BCUT2D eigenvalue weighted by molar-refractivity contribution is 0.0787. The third-order valence-corrected chi connectivity index (χ3v) is 4.97. The molecule has 0 spiro atoms. The number of methoxy groups -OCH3 is 1. The average Bonchev–Trinajstić information content (AvgIpc) is 3.24. The monoisotopic (exact) mass is 341 g/mol. The molecule has 1 aromatic heterocycles. The van der Waals surface area contributed by atoms with E-state index in [-0.39, 0.29) is 5.91 Å². The van der Waals surface area contributed by atoms with Crippen molar-refractivity contribution in [2.45, 2.75) is 39.7 Å². The van der Waals surface area contributed by atoms with Crippen LogP contribution in [0.5, 0.6) is 5.75 Å². The zero-order valence-electron chi connectivity index (χ0n) is 15.4. The predicted octanol–water partition coefficient (Wildman–Crippen LogP) is 3.31. The summed E-state index contributed by atoms with van der Waals surface area (Å²) in [6.45, 7) is 6.95. The molecule has 2 heterocycles. The van der Waals surface area contributed by atoms with Crippen LogP contribution in [0.3, 0.4) is 0 Å². The lowest BCUT2D eigenvalue weighted by Crippen LogP contribution is -2.29. The minimum atomic E-state index is 0.109. The van der Waals surface area contributed by atoms with Crippen molar-refractivity contribution in [3.63, 3.8) is 0 Å². The van der Waals surface area contributed by atoms with Crippen LogP contribution < -0.4 is 4.74 Å². The van der Waals surface area contributed by atoms with Crippen LogP contribution in [0.2, 0.25) is 0 Å². The molecule has 1 aromatic carbocycles. The van der Waals surface area contributed by atoms with Gasteiger partial charge in [-0.15, -0.1) is 0 Å². The fourth-order valence-electron chi connectivity index (χ4n) is 3.56. The number of carbonyl (C=O) groups excluding carboxylic acids is 1. The van der Waals surface area contributed by atoms with Gasteiger partial charge in [0.15, 0.2) is 0 Å². The third kappa shape index (κ3) is 3.86. The Balaban J connectivity index is 1.62. The Morgan fingerprint density at radius 2 is 2.08 bits per heavy atom. The Labute approximate surface area is 149 Å². The summed E-state index contributed by atoms with van der Waals surface area (Å²) in [6.07, 6.45) is 5.05. The molecule has 0 bridgehead atoms. The molecule has 0 radical (unpaired) electrons. The van der Waals surface area contributed by atoms with Gasteiger partial charge in [-0.3, -0.25) is 4.79 Å². The van der Waals surface area contributed by atoms with Gasteiger partial charge in [-0.05, 0) is 49.9 Å². The van der Waals surface area contributed by atoms with Gasteiger partial charge in [0, 0.05) is 43.5 Å². The minimum absolute atomic E-state index is 0.109. The SMILES string of the molecule is CCCn1c(C)cnc1C[C@H]1CCN(C(=O)c2ccc(OC)cc2)C1. The first-order valence-corrected chi connectivity index (χ1v) is 9.06. The molecule has 1 amide bonds. The first-order chi connectivity index (χ1) is 12.1. The zero-order chi connectivity index (χ0) is 17.8. The Kier molecular flexibility index (Phi) is 5.41. The smallest absolute Gasteiger partial charge is 0.253 e. The second-order valence-electron chi connectivity index (χ2n) is 6.81. The van der Waals surface area contributed by atoms with Crippen LogP contribution in [0, 0.1) is 12.8 Å². The number of hydrogen-bond acceptors (Lipinski definition) is 3. The molecule has 0 N–H and O–H groups in total. The molecule has 5 nitrogen and oxygen atoms in total. The Bertz CT molecular complexity index is 721.